The van der Waals surface area contributed by atoms with E-state index in [1.54, 1.807) is 17.0 Å². The molecule has 0 aliphatic carbocycles. The highest BCUT2D eigenvalue weighted by Crippen LogP contribution is 2.12. The number of amides is 2. The summed E-state index contributed by atoms with van der Waals surface area (Å²) in [6.45, 7) is 6.76. The highest BCUT2D eigenvalue weighted by Gasteiger charge is 2.25. The van der Waals surface area contributed by atoms with E-state index in [0.717, 1.165) is 31.7 Å². The fourth-order valence-corrected chi connectivity index (χ4v) is 3.63. The highest BCUT2D eigenvalue weighted by molar-refractivity contribution is 5.85. The Bertz CT molecular complexity index is 821. The predicted molar refractivity (Wildman–Crippen MR) is 115 cm³/mol. The molecular formula is C23H30FN4O2+. The van der Waals surface area contributed by atoms with Gasteiger partial charge in [0.2, 0.25) is 5.91 Å². The number of anilines is 1. The number of carbonyl (C=O) groups excluding carboxylic acids is 2. The van der Waals surface area contributed by atoms with Gasteiger partial charge in [-0.05, 0) is 36.8 Å². The van der Waals surface area contributed by atoms with Crippen molar-refractivity contribution in [1.82, 2.24) is 10.2 Å². The van der Waals surface area contributed by atoms with E-state index in [2.05, 4.69) is 22.3 Å². The second-order valence-corrected chi connectivity index (χ2v) is 7.56. The Morgan fingerprint density at radius 3 is 2.37 bits per heavy atom. The van der Waals surface area contributed by atoms with Gasteiger partial charge in [-0.25, -0.2) is 4.39 Å². The summed E-state index contributed by atoms with van der Waals surface area (Å²) in [5, 5.41) is 2.80. The number of likely N-dealkylation sites (N-methyl/N-ethyl adjacent to an activating group) is 1. The molecule has 2 amide bonds. The summed E-state index contributed by atoms with van der Waals surface area (Å²) in [7, 11) is 0. The van der Waals surface area contributed by atoms with Crippen molar-refractivity contribution in [3.63, 3.8) is 0 Å². The van der Waals surface area contributed by atoms with Gasteiger partial charge in [-0.1, -0.05) is 30.3 Å². The lowest BCUT2D eigenvalue weighted by Gasteiger charge is -2.34. The van der Waals surface area contributed by atoms with Crippen molar-refractivity contribution in [2.75, 3.05) is 50.7 Å². The van der Waals surface area contributed by atoms with Crippen LogP contribution in [-0.2, 0) is 16.1 Å². The smallest absolute Gasteiger partial charge is 0.278 e. The van der Waals surface area contributed by atoms with Gasteiger partial charge < -0.3 is 20.0 Å². The predicted octanol–water partition coefficient (Wildman–Crippen LogP) is 0.696. The zero-order valence-electron chi connectivity index (χ0n) is 17.4. The minimum atomic E-state index is -0.306. The number of nitrogens with zero attached hydrogens (tertiary/aromatic N) is 2. The Morgan fingerprint density at radius 1 is 1.07 bits per heavy atom. The quantitative estimate of drug-likeness (QED) is 0.670. The Morgan fingerprint density at radius 2 is 1.73 bits per heavy atom. The first-order valence-electron chi connectivity index (χ1n) is 10.5. The largest absolute Gasteiger partial charge is 0.360 e. The molecule has 3 rings (SSSR count). The molecule has 1 fully saturated rings. The Kier molecular flexibility index (Phi) is 7.79. The number of hydrogen-bond acceptors (Lipinski definition) is 3. The minimum absolute atomic E-state index is 0.00223. The number of quaternary nitrogens is 1. The monoisotopic (exact) mass is 413 g/mol. The molecule has 0 spiro atoms. The third-order valence-corrected chi connectivity index (χ3v) is 5.46. The average Bonchev–Trinajstić information content (AvgIpc) is 2.78. The van der Waals surface area contributed by atoms with Crippen LogP contribution >= 0.6 is 0 Å². The van der Waals surface area contributed by atoms with Gasteiger partial charge in [0.1, 0.15) is 5.82 Å². The van der Waals surface area contributed by atoms with E-state index in [0.29, 0.717) is 19.6 Å². The number of nitrogens with one attached hydrogen (secondary N) is 2. The second kappa shape index (κ2) is 10.7. The van der Waals surface area contributed by atoms with Crippen LogP contribution in [0.25, 0.3) is 0 Å². The molecule has 2 N–H and O–H groups in total. The fraction of sp³-hybridized carbons (Fsp3) is 0.391. The summed E-state index contributed by atoms with van der Waals surface area (Å²) in [6.07, 6.45) is 0. The summed E-state index contributed by atoms with van der Waals surface area (Å²) in [6, 6.07) is 16.3. The summed E-state index contributed by atoms with van der Waals surface area (Å²) in [5.41, 5.74) is 2.04. The van der Waals surface area contributed by atoms with E-state index in [1.807, 2.05) is 25.1 Å². The number of carbonyl (C=O) groups is 2. The molecule has 0 atom stereocenters. The first-order chi connectivity index (χ1) is 14.5. The lowest BCUT2D eigenvalue weighted by molar-refractivity contribution is -0.892. The van der Waals surface area contributed by atoms with Crippen LogP contribution in [0.1, 0.15) is 12.5 Å². The topological polar surface area (TPSA) is 57.1 Å². The van der Waals surface area contributed by atoms with Crippen LogP contribution in [0.5, 0.6) is 0 Å². The SMILES string of the molecule is CCN(CC(=O)NCc1ccc(F)cc1)C(=O)C[NH+]1CCN(c2ccccc2)CC1. The molecule has 7 heteroatoms. The van der Waals surface area contributed by atoms with Gasteiger partial charge in [0.25, 0.3) is 5.91 Å². The molecule has 2 aromatic rings. The van der Waals surface area contributed by atoms with Crippen LogP contribution in [0, 0.1) is 5.82 Å². The van der Waals surface area contributed by atoms with Gasteiger partial charge in [0, 0.05) is 18.8 Å². The lowest BCUT2D eigenvalue weighted by atomic mass is 10.2. The number of rotatable bonds is 8. The van der Waals surface area contributed by atoms with Crippen LogP contribution in [0.15, 0.2) is 54.6 Å². The first-order valence-corrected chi connectivity index (χ1v) is 10.5. The van der Waals surface area contributed by atoms with E-state index in [9.17, 15) is 14.0 Å². The maximum absolute atomic E-state index is 13.0. The zero-order valence-corrected chi connectivity index (χ0v) is 17.4. The van der Waals surface area contributed by atoms with Gasteiger partial charge in [0.15, 0.2) is 6.54 Å². The molecule has 2 aromatic carbocycles. The minimum Gasteiger partial charge on any atom is -0.360 e. The number of hydrogen-bond donors (Lipinski definition) is 2. The molecule has 0 saturated carbocycles. The van der Waals surface area contributed by atoms with Gasteiger partial charge in [-0.15, -0.1) is 0 Å². The van der Waals surface area contributed by atoms with Gasteiger partial charge in [0.05, 0.1) is 32.7 Å². The summed E-state index contributed by atoms with van der Waals surface area (Å²) < 4.78 is 13.0. The Balaban J connectivity index is 1.42. The van der Waals surface area contributed by atoms with Crippen molar-refractivity contribution in [2.24, 2.45) is 0 Å². The van der Waals surface area contributed by atoms with Gasteiger partial charge >= 0.3 is 0 Å². The van der Waals surface area contributed by atoms with Crippen LogP contribution in [-0.4, -0.2) is 62.5 Å². The average molecular weight is 414 g/mol. The van der Waals surface area contributed by atoms with Crippen molar-refractivity contribution >= 4 is 17.5 Å². The molecule has 1 aliphatic rings. The number of piperazine rings is 1. The highest BCUT2D eigenvalue weighted by atomic mass is 19.1. The molecule has 1 heterocycles. The zero-order chi connectivity index (χ0) is 21.3. The van der Waals surface area contributed by atoms with Crippen LogP contribution in [0.4, 0.5) is 10.1 Å². The Hall–Kier alpha value is -2.93. The van der Waals surface area contributed by atoms with Crippen LogP contribution in [0.2, 0.25) is 0 Å². The third-order valence-electron chi connectivity index (χ3n) is 5.46. The molecule has 1 aliphatic heterocycles. The molecule has 0 aromatic heterocycles. The molecule has 160 valence electrons. The normalized spacial score (nSPS) is 14.4. The van der Waals surface area contributed by atoms with Crippen molar-refractivity contribution in [2.45, 2.75) is 13.5 Å². The van der Waals surface area contributed by atoms with Crippen molar-refractivity contribution < 1.29 is 18.9 Å². The fourth-order valence-electron chi connectivity index (χ4n) is 3.63. The third kappa shape index (κ3) is 6.29. The van der Waals surface area contributed by atoms with Crippen molar-refractivity contribution in [1.29, 1.82) is 0 Å². The number of benzene rings is 2. The van der Waals surface area contributed by atoms with Crippen molar-refractivity contribution in [3.8, 4) is 0 Å². The van der Waals surface area contributed by atoms with Gasteiger partial charge in [-0.3, -0.25) is 9.59 Å². The molecule has 6 nitrogen and oxygen atoms in total. The summed E-state index contributed by atoms with van der Waals surface area (Å²) >= 11 is 0. The molecule has 0 unspecified atom stereocenters. The van der Waals surface area contributed by atoms with E-state index in [4.69, 9.17) is 0 Å². The second-order valence-electron chi connectivity index (χ2n) is 7.56. The van der Waals surface area contributed by atoms with E-state index in [1.165, 1.54) is 22.7 Å². The van der Waals surface area contributed by atoms with E-state index in [-0.39, 0.29) is 24.2 Å². The molecule has 0 radical (unpaired) electrons. The Labute approximate surface area is 177 Å². The number of halogens is 1. The maximum atomic E-state index is 13.0. The molecular weight excluding hydrogens is 383 g/mol. The number of para-hydroxylation sites is 1. The van der Waals surface area contributed by atoms with E-state index >= 15 is 0 Å². The van der Waals surface area contributed by atoms with Crippen LogP contribution < -0.4 is 15.1 Å². The van der Waals surface area contributed by atoms with Crippen LogP contribution in [0.3, 0.4) is 0 Å². The van der Waals surface area contributed by atoms with Gasteiger partial charge in [-0.2, -0.15) is 0 Å². The maximum Gasteiger partial charge on any atom is 0.278 e. The standard InChI is InChI=1S/C23H29FN4O2/c1-2-27(17-22(29)25-16-19-8-10-20(24)11-9-19)23(30)18-26-12-14-28(15-13-26)21-6-4-3-5-7-21/h3-11H,2,12-18H2,1H3,(H,25,29)/p+1. The molecule has 0 bridgehead atoms. The van der Waals surface area contributed by atoms with E-state index < -0.39 is 0 Å². The first kappa shape index (κ1) is 21.8. The van der Waals surface area contributed by atoms with Crippen molar-refractivity contribution in [3.05, 3.63) is 66.0 Å². The molecule has 30 heavy (non-hydrogen) atoms. The summed E-state index contributed by atoms with van der Waals surface area (Å²) in [4.78, 5) is 30.2. The summed E-state index contributed by atoms with van der Waals surface area (Å²) in [5.74, 6) is -0.518. The lowest BCUT2D eigenvalue weighted by Crippen LogP contribution is -3.16. The molecule has 1 saturated heterocycles.